The minimum Gasteiger partial charge on any atom is -0.327 e. The van der Waals surface area contributed by atoms with Gasteiger partial charge in [0.15, 0.2) is 0 Å². The molecule has 1 atom stereocenters. The Balaban J connectivity index is 1.38. The summed E-state index contributed by atoms with van der Waals surface area (Å²) in [5.41, 5.74) is 3.19. The van der Waals surface area contributed by atoms with E-state index in [0.717, 1.165) is 23.0 Å². The highest BCUT2D eigenvalue weighted by Crippen LogP contribution is 2.30. The van der Waals surface area contributed by atoms with E-state index in [1.165, 1.54) is 17.1 Å². The number of carbonyl (C=O) groups is 1. The standard InChI is InChI=1S/C21H21F2N5O/c1-14(13-26-7-8-27-20(26)9-15(2)25-27)3-4-21(29)28-19(5-6-24-28)16-10-17(22)12-18(23)11-16/h6-12,19H,1,3-5,13H2,2H3. The summed E-state index contributed by atoms with van der Waals surface area (Å²) in [6.07, 6.45) is 6.54. The summed E-state index contributed by atoms with van der Waals surface area (Å²) in [5, 5.41) is 9.79. The first-order chi connectivity index (χ1) is 13.9. The fourth-order valence-corrected chi connectivity index (χ4v) is 3.60. The van der Waals surface area contributed by atoms with Crippen LogP contribution in [0.3, 0.4) is 0 Å². The molecule has 29 heavy (non-hydrogen) atoms. The molecule has 1 aromatic carbocycles. The maximum absolute atomic E-state index is 13.6. The van der Waals surface area contributed by atoms with E-state index in [-0.39, 0.29) is 12.3 Å². The first kappa shape index (κ1) is 19.0. The zero-order chi connectivity index (χ0) is 20.5. The Morgan fingerprint density at radius 1 is 1.17 bits per heavy atom. The van der Waals surface area contributed by atoms with Crippen LogP contribution in [0.2, 0.25) is 0 Å². The van der Waals surface area contributed by atoms with E-state index >= 15 is 0 Å². The van der Waals surface area contributed by atoms with Gasteiger partial charge in [0.25, 0.3) is 0 Å². The molecule has 6 nitrogen and oxygen atoms in total. The van der Waals surface area contributed by atoms with Crippen molar-refractivity contribution >= 4 is 17.8 Å². The fraction of sp³-hybridized carbons (Fsp3) is 0.286. The molecule has 1 aliphatic heterocycles. The number of aromatic nitrogens is 3. The van der Waals surface area contributed by atoms with Gasteiger partial charge in [-0.2, -0.15) is 10.2 Å². The van der Waals surface area contributed by atoms with Gasteiger partial charge in [0.05, 0.1) is 11.7 Å². The summed E-state index contributed by atoms with van der Waals surface area (Å²) in [6, 6.07) is 4.80. The summed E-state index contributed by atoms with van der Waals surface area (Å²) < 4.78 is 30.9. The summed E-state index contributed by atoms with van der Waals surface area (Å²) in [6.45, 7) is 6.60. The third-order valence-electron chi connectivity index (χ3n) is 4.96. The molecule has 0 bridgehead atoms. The van der Waals surface area contributed by atoms with Crippen LogP contribution in [0, 0.1) is 18.6 Å². The highest BCUT2D eigenvalue weighted by atomic mass is 19.1. The number of nitrogens with zero attached hydrogens (tertiary/aromatic N) is 5. The molecule has 3 heterocycles. The van der Waals surface area contributed by atoms with Crippen molar-refractivity contribution in [3.05, 3.63) is 71.7 Å². The number of fused-ring (bicyclic) bond motifs is 1. The van der Waals surface area contributed by atoms with Crippen molar-refractivity contribution in [1.82, 2.24) is 19.2 Å². The first-order valence-electron chi connectivity index (χ1n) is 9.39. The monoisotopic (exact) mass is 397 g/mol. The minimum atomic E-state index is -0.666. The van der Waals surface area contributed by atoms with Gasteiger partial charge in [0.1, 0.15) is 17.3 Å². The van der Waals surface area contributed by atoms with E-state index in [2.05, 4.69) is 16.8 Å². The van der Waals surface area contributed by atoms with Gasteiger partial charge >= 0.3 is 0 Å². The number of hydrogen-bond donors (Lipinski definition) is 0. The number of hydrazone groups is 1. The number of imidazole rings is 1. The number of benzene rings is 1. The molecule has 0 saturated carbocycles. The van der Waals surface area contributed by atoms with Crippen LogP contribution in [0.5, 0.6) is 0 Å². The summed E-state index contributed by atoms with van der Waals surface area (Å²) >= 11 is 0. The highest BCUT2D eigenvalue weighted by molar-refractivity contribution is 5.80. The molecule has 2 aromatic heterocycles. The summed E-state index contributed by atoms with van der Waals surface area (Å²) in [5.74, 6) is -1.53. The smallest absolute Gasteiger partial charge is 0.243 e. The normalized spacial score (nSPS) is 16.1. The third-order valence-corrected chi connectivity index (χ3v) is 4.96. The predicted molar refractivity (Wildman–Crippen MR) is 105 cm³/mol. The third kappa shape index (κ3) is 3.96. The van der Waals surface area contributed by atoms with E-state index in [1.807, 2.05) is 30.0 Å². The molecule has 8 heteroatoms. The van der Waals surface area contributed by atoms with E-state index in [0.29, 0.717) is 24.9 Å². The lowest BCUT2D eigenvalue weighted by atomic mass is 10.0. The van der Waals surface area contributed by atoms with Crippen LogP contribution in [0.15, 0.2) is 53.9 Å². The van der Waals surface area contributed by atoms with Crippen molar-refractivity contribution in [1.29, 1.82) is 0 Å². The van der Waals surface area contributed by atoms with Crippen molar-refractivity contribution in [2.24, 2.45) is 5.10 Å². The number of amides is 1. The Hall–Kier alpha value is -3.29. The van der Waals surface area contributed by atoms with Crippen LogP contribution in [-0.4, -0.2) is 31.3 Å². The largest absolute Gasteiger partial charge is 0.327 e. The molecular formula is C21H21F2N5O. The van der Waals surface area contributed by atoms with Crippen molar-refractivity contribution in [3.8, 4) is 0 Å². The van der Waals surface area contributed by atoms with Crippen LogP contribution < -0.4 is 0 Å². The topological polar surface area (TPSA) is 54.9 Å². The second-order valence-electron chi connectivity index (χ2n) is 7.26. The van der Waals surface area contributed by atoms with Crippen LogP contribution in [0.4, 0.5) is 8.78 Å². The lowest BCUT2D eigenvalue weighted by Gasteiger charge is -2.22. The number of halogens is 2. The molecule has 0 aliphatic carbocycles. The maximum Gasteiger partial charge on any atom is 0.243 e. The number of allylic oxidation sites excluding steroid dienone is 1. The minimum absolute atomic E-state index is 0.201. The first-order valence-corrected chi connectivity index (χ1v) is 9.39. The van der Waals surface area contributed by atoms with Gasteiger partial charge in [-0.1, -0.05) is 12.2 Å². The molecule has 150 valence electrons. The van der Waals surface area contributed by atoms with Gasteiger partial charge < -0.3 is 4.57 Å². The van der Waals surface area contributed by atoms with Gasteiger partial charge in [-0.05, 0) is 31.0 Å². The maximum atomic E-state index is 13.6. The van der Waals surface area contributed by atoms with E-state index in [1.54, 1.807) is 10.7 Å². The number of aryl methyl sites for hydroxylation is 1. The molecular weight excluding hydrogens is 376 g/mol. The van der Waals surface area contributed by atoms with Crippen molar-refractivity contribution in [2.45, 2.75) is 38.8 Å². The highest BCUT2D eigenvalue weighted by Gasteiger charge is 2.28. The van der Waals surface area contributed by atoms with Crippen LogP contribution in [0.1, 0.15) is 36.6 Å². The number of rotatable bonds is 6. The zero-order valence-corrected chi connectivity index (χ0v) is 16.1. The number of carbonyl (C=O) groups excluding carboxylic acids is 1. The van der Waals surface area contributed by atoms with E-state index in [4.69, 9.17) is 0 Å². The van der Waals surface area contributed by atoms with Gasteiger partial charge in [0, 0.05) is 50.1 Å². The summed E-state index contributed by atoms with van der Waals surface area (Å²) in [4.78, 5) is 12.7. The lowest BCUT2D eigenvalue weighted by Crippen LogP contribution is -2.27. The van der Waals surface area contributed by atoms with Crippen LogP contribution in [-0.2, 0) is 11.3 Å². The quantitative estimate of drug-likeness (QED) is 0.590. The molecule has 3 aromatic rings. The Morgan fingerprint density at radius 2 is 1.93 bits per heavy atom. The Labute approximate surface area is 166 Å². The molecule has 0 N–H and O–H groups in total. The second kappa shape index (κ2) is 7.62. The Bertz CT molecular complexity index is 1090. The van der Waals surface area contributed by atoms with Crippen molar-refractivity contribution < 1.29 is 13.6 Å². The fourth-order valence-electron chi connectivity index (χ4n) is 3.60. The van der Waals surface area contributed by atoms with Gasteiger partial charge in [-0.3, -0.25) is 4.79 Å². The Kier molecular flexibility index (Phi) is 5.00. The molecule has 0 saturated heterocycles. The molecule has 0 radical (unpaired) electrons. The molecule has 4 rings (SSSR count). The second-order valence-corrected chi connectivity index (χ2v) is 7.26. The average molecular weight is 397 g/mol. The van der Waals surface area contributed by atoms with Crippen LogP contribution in [0.25, 0.3) is 5.65 Å². The molecule has 0 spiro atoms. The van der Waals surface area contributed by atoms with Gasteiger partial charge in [0.2, 0.25) is 5.91 Å². The summed E-state index contributed by atoms with van der Waals surface area (Å²) in [7, 11) is 0. The average Bonchev–Trinajstić information content (AvgIpc) is 3.36. The van der Waals surface area contributed by atoms with Crippen LogP contribution >= 0.6 is 0 Å². The van der Waals surface area contributed by atoms with E-state index in [9.17, 15) is 13.6 Å². The molecule has 1 amide bonds. The van der Waals surface area contributed by atoms with Crippen molar-refractivity contribution in [2.75, 3.05) is 0 Å². The van der Waals surface area contributed by atoms with E-state index < -0.39 is 17.7 Å². The SMILES string of the molecule is C=C(CCC(=O)N1N=CCC1c1cc(F)cc(F)c1)Cn1ccn2nc(C)cc12. The van der Waals surface area contributed by atoms with Gasteiger partial charge in [-0.15, -0.1) is 0 Å². The Morgan fingerprint density at radius 3 is 2.69 bits per heavy atom. The molecule has 1 aliphatic rings. The molecule has 0 fully saturated rings. The van der Waals surface area contributed by atoms with Crippen molar-refractivity contribution in [3.63, 3.8) is 0 Å². The zero-order valence-electron chi connectivity index (χ0n) is 16.1. The van der Waals surface area contributed by atoms with Gasteiger partial charge in [-0.25, -0.2) is 18.3 Å². The number of hydrogen-bond acceptors (Lipinski definition) is 3. The lowest BCUT2D eigenvalue weighted by molar-refractivity contribution is -0.133. The molecule has 1 unspecified atom stereocenters. The predicted octanol–water partition coefficient (Wildman–Crippen LogP) is 4.02.